The van der Waals surface area contributed by atoms with Crippen LogP contribution in [0.5, 0.6) is 5.75 Å². The number of sulfonamides is 1. The Labute approximate surface area is 135 Å². The molecular weight excluding hydrogens is 322 g/mol. The van der Waals surface area contributed by atoms with E-state index in [-0.39, 0.29) is 17.2 Å². The molecular formula is C16H14ClNO3S. The SMILES string of the molecule is COc1ccccc1S(=O)(=O)NCC#Cc1ccccc1Cl. The minimum atomic E-state index is -3.68. The van der Waals surface area contributed by atoms with Crippen molar-refractivity contribution in [1.82, 2.24) is 4.72 Å². The number of nitrogens with one attached hydrogen (secondary N) is 1. The lowest BCUT2D eigenvalue weighted by Crippen LogP contribution is -2.24. The fourth-order valence-electron chi connectivity index (χ4n) is 1.75. The molecule has 0 fully saturated rings. The third kappa shape index (κ3) is 4.01. The molecule has 6 heteroatoms. The highest BCUT2D eigenvalue weighted by Crippen LogP contribution is 2.22. The molecule has 0 aliphatic rings. The minimum absolute atomic E-state index is 0.0222. The van der Waals surface area contributed by atoms with Crippen molar-refractivity contribution in [2.45, 2.75) is 4.90 Å². The Hall–Kier alpha value is -2.00. The number of para-hydroxylation sites is 1. The zero-order valence-electron chi connectivity index (χ0n) is 11.8. The van der Waals surface area contributed by atoms with Crippen molar-refractivity contribution in [2.24, 2.45) is 0 Å². The molecule has 0 saturated heterocycles. The summed E-state index contributed by atoms with van der Waals surface area (Å²) in [7, 11) is -2.26. The molecule has 0 atom stereocenters. The van der Waals surface area contributed by atoms with E-state index in [0.29, 0.717) is 10.6 Å². The molecule has 0 saturated carbocycles. The molecule has 0 radical (unpaired) electrons. The molecule has 22 heavy (non-hydrogen) atoms. The summed E-state index contributed by atoms with van der Waals surface area (Å²) >= 11 is 5.97. The lowest BCUT2D eigenvalue weighted by atomic mass is 10.2. The van der Waals surface area contributed by atoms with Crippen LogP contribution in [0.3, 0.4) is 0 Å². The van der Waals surface area contributed by atoms with Gasteiger partial charge in [0.1, 0.15) is 10.6 Å². The second-order valence-corrected chi connectivity index (χ2v) is 6.40. The molecule has 0 amide bonds. The van der Waals surface area contributed by atoms with Crippen molar-refractivity contribution in [2.75, 3.05) is 13.7 Å². The Morgan fingerprint density at radius 1 is 1.14 bits per heavy atom. The smallest absolute Gasteiger partial charge is 0.245 e. The van der Waals surface area contributed by atoms with E-state index < -0.39 is 10.0 Å². The summed E-state index contributed by atoms with van der Waals surface area (Å²) in [5.41, 5.74) is 0.653. The van der Waals surface area contributed by atoms with Gasteiger partial charge >= 0.3 is 0 Å². The van der Waals surface area contributed by atoms with E-state index >= 15 is 0 Å². The number of benzene rings is 2. The highest BCUT2D eigenvalue weighted by atomic mass is 35.5. The molecule has 114 valence electrons. The van der Waals surface area contributed by atoms with Gasteiger partial charge in [-0.1, -0.05) is 47.7 Å². The van der Waals surface area contributed by atoms with Crippen molar-refractivity contribution in [3.05, 3.63) is 59.1 Å². The first kappa shape index (κ1) is 16.4. The first-order chi connectivity index (χ1) is 10.5. The van der Waals surface area contributed by atoms with Gasteiger partial charge in [0, 0.05) is 5.56 Å². The third-order valence-corrected chi connectivity index (χ3v) is 4.58. The molecule has 0 bridgehead atoms. The predicted molar refractivity (Wildman–Crippen MR) is 86.5 cm³/mol. The van der Waals surface area contributed by atoms with Gasteiger partial charge in [-0.3, -0.25) is 0 Å². The molecule has 0 aromatic heterocycles. The van der Waals surface area contributed by atoms with Crippen molar-refractivity contribution in [3.63, 3.8) is 0 Å². The molecule has 0 spiro atoms. The number of methoxy groups -OCH3 is 1. The Balaban J connectivity index is 2.10. The standard InChI is InChI=1S/C16H14ClNO3S/c1-21-15-10-4-5-11-16(15)22(19,20)18-12-6-8-13-7-2-3-9-14(13)17/h2-5,7,9-11,18H,12H2,1H3. The van der Waals surface area contributed by atoms with Crippen LogP contribution in [-0.2, 0) is 10.0 Å². The first-order valence-electron chi connectivity index (χ1n) is 6.40. The zero-order valence-corrected chi connectivity index (χ0v) is 13.4. The minimum Gasteiger partial charge on any atom is -0.495 e. The first-order valence-corrected chi connectivity index (χ1v) is 8.27. The molecule has 2 aromatic rings. The molecule has 0 heterocycles. The lowest BCUT2D eigenvalue weighted by Gasteiger charge is -2.08. The third-order valence-electron chi connectivity index (χ3n) is 2.81. The molecule has 0 aliphatic heterocycles. The van der Waals surface area contributed by atoms with E-state index in [1.807, 2.05) is 6.07 Å². The molecule has 1 N–H and O–H groups in total. The summed E-state index contributed by atoms with van der Waals surface area (Å²) in [6.07, 6.45) is 0. The maximum Gasteiger partial charge on any atom is 0.245 e. The molecule has 4 nitrogen and oxygen atoms in total. The Bertz CT molecular complexity index is 823. The number of halogens is 1. The van der Waals surface area contributed by atoms with Gasteiger partial charge in [-0.05, 0) is 24.3 Å². The van der Waals surface area contributed by atoms with Gasteiger partial charge in [0.25, 0.3) is 0 Å². The van der Waals surface area contributed by atoms with E-state index in [2.05, 4.69) is 16.6 Å². The summed E-state index contributed by atoms with van der Waals surface area (Å²) < 4.78 is 31.9. The van der Waals surface area contributed by atoms with Crippen LogP contribution in [0.25, 0.3) is 0 Å². The maximum absolute atomic E-state index is 12.2. The van der Waals surface area contributed by atoms with Crippen molar-refractivity contribution in [3.8, 4) is 17.6 Å². The van der Waals surface area contributed by atoms with Crippen molar-refractivity contribution >= 4 is 21.6 Å². The van der Waals surface area contributed by atoms with Crippen LogP contribution in [-0.4, -0.2) is 22.1 Å². The van der Waals surface area contributed by atoms with E-state index in [1.54, 1.807) is 36.4 Å². The van der Waals surface area contributed by atoms with Crippen molar-refractivity contribution in [1.29, 1.82) is 0 Å². The summed E-state index contributed by atoms with van der Waals surface area (Å²) in [5.74, 6) is 5.85. The number of hydrogen-bond donors (Lipinski definition) is 1. The monoisotopic (exact) mass is 335 g/mol. The van der Waals surface area contributed by atoms with Crippen LogP contribution in [0.4, 0.5) is 0 Å². The summed E-state index contributed by atoms with van der Waals surface area (Å²) in [6, 6.07) is 13.5. The van der Waals surface area contributed by atoms with E-state index in [1.165, 1.54) is 13.2 Å². The normalized spacial score (nSPS) is 10.6. The molecule has 2 aromatic carbocycles. The average Bonchev–Trinajstić information content (AvgIpc) is 2.53. The quantitative estimate of drug-likeness (QED) is 0.874. The average molecular weight is 336 g/mol. The van der Waals surface area contributed by atoms with Gasteiger partial charge in [-0.2, -0.15) is 4.72 Å². The Morgan fingerprint density at radius 2 is 1.82 bits per heavy atom. The van der Waals surface area contributed by atoms with Gasteiger partial charge in [0.2, 0.25) is 10.0 Å². The highest BCUT2D eigenvalue weighted by Gasteiger charge is 2.17. The second kappa shape index (κ2) is 7.32. The van der Waals surface area contributed by atoms with Crippen LogP contribution < -0.4 is 9.46 Å². The highest BCUT2D eigenvalue weighted by molar-refractivity contribution is 7.89. The summed E-state index contributed by atoms with van der Waals surface area (Å²) in [4.78, 5) is 0.0806. The summed E-state index contributed by atoms with van der Waals surface area (Å²) in [6.45, 7) is -0.0222. The van der Waals surface area contributed by atoms with Crippen LogP contribution in [0.15, 0.2) is 53.4 Å². The van der Waals surface area contributed by atoms with Crippen LogP contribution >= 0.6 is 11.6 Å². The maximum atomic E-state index is 12.2. The van der Waals surface area contributed by atoms with Gasteiger partial charge in [0.15, 0.2) is 0 Å². The molecule has 2 rings (SSSR count). The van der Waals surface area contributed by atoms with Crippen LogP contribution in [0.2, 0.25) is 5.02 Å². The van der Waals surface area contributed by atoms with Gasteiger partial charge in [0.05, 0.1) is 18.7 Å². The van der Waals surface area contributed by atoms with Gasteiger partial charge in [-0.15, -0.1) is 0 Å². The van der Waals surface area contributed by atoms with E-state index in [0.717, 1.165) is 0 Å². The van der Waals surface area contributed by atoms with Gasteiger partial charge in [-0.25, -0.2) is 8.42 Å². The molecule has 0 aliphatic carbocycles. The van der Waals surface area contributed by atoms with Crippen molar-refractivity contribution < 1.29 is 13.2 Å². The lowest BCUT2D eigenvalue weighted by molar-refractivity contribution is 0.402. The van der Waals surface area contributed by atoms with Crippen LogP contribution in [0, 0.1) is 11.8 Å². The number of hydrogen-bond acceptors (Lipinski definition) is 3. The fraction of sp³-hybridized carbons (Fsp3) is 0.125. The number of ether oxygens (including phenoxy) is 1. The topological polar surface area (TPSA) is 55.4 Å². The second-order valence-electron chi connectivity index (χ2n) is 4.26. The van der Waals surface area contributed by atoms with Gasteiger partial charge < -0.3 is 4.74 Å². The Morgan fingerprint density at radius 3 is 2.55 bits per heavy atom. The predicted octanol–water partition coefficient (Wildman–Crippen LogP) is 2.68. The summed E-state index contributed by atoms with van der Waals surface area (Å²) in [5, 5.41) is 0.530. The van der Waals surface area contributed by atoms with E-state index in [4.69, 9.17) is 16.3 Å². The molecule has 0 unspecified atom stereocenters. The number of rotatable bonds is 4. The Kier molecular flexibility index (Phi) is 5.45. The largest absolute Gasteiger partial charge is 0.495 e. The fourth-order valence-corrected chi connectivity index (χ4v) is 3.03. The van der Waals surface area contributed by atoms with Crippen LogP contribution in [0.1, 0.15) is 5.56 Å². The van der Waals surface area contributed by atoms with E-state index in [9.17, 15) is 8.42 Å². The zero-order chi connectivity index (χ0) is 16.0.